The van der Waals surface area contributed by atoms with Crippen molar-refractivity contribution in [2.75, 3.05) is 0 Å². The molecule has 0 N–H and O–H groups in total. The summed E-state index contributed by atoms with van der Waals surface area (Å²) in [4.78, 5) is 4.56. The number of nitrogens with zero attached hydrogens (tertiary/aromatic N) is 2. The molecule has 2 nitrogen and oxygen atoms in total. The van der Waals surface area contributed by atoms with Crippen LogP contribution in [0.4, 0.5) is 0 Å². The van der Waals surface area contributed by atoms with Gasteiger partial charge in [-0.25, -0.2) is 0 Å². The van der Waals surface area contributed by atoms with Crippen LogP contribution >= 0.6 is 0 Å². The summed E-state index contributed by atoms with van der Waals surface area (Å²) < 4.78 is 2.27. The standard InChI is InChI=1S/C16H18N2/c1-10(2)15-16-12(7-8-17-15)13-9-11(3)5-6-14(13)18(16)4/h5-10H,1-4H3. The second-order valence-electron chi connectivity index (χ2n) is 5.33. The largest absolute Gasteiger partial charge is 0.342 e. The number of fused-ring (bicyclic) bond motifs is 3. The van der Waals surface area contributed by atoms with Crippen molar-refractivity contribution in [1.82, 2.24) is 9.55 Å². The zero-order chi connectivity index (χ0) is 12.9. The molecule has 0 atom stereocenters. The maximum absolute atomic E-state index is 4.56. The van der Waals surface area contributed by atoms with Gasteiger partial charge in [-0.1, -0.05) is 25.5 Å². The lowest BCUT2D eigenvalue weighted by Gasteiger charge is -2.07. The molecule has 3 rings (SSSR count). The molecule has 2 aromatic heterocycles. The number of aromatic nitrogens is 2. The predicted octanol–water partition coefficient (Wildman–Crippen LogP) is 4.16. The van der Waals surface area contributed by atoms with Gasteiger partial charge >= 0.3 is 0 Å². The Morgan fingerprint density at radius 1 is 1.11 bits per heavy atom. The van der Waals surface area contributed by atoms with E-state index in [1.807, 2.05) is 6.20 Å². The Hall–Kier alpha value is -1.83. The number of aryl methyl sites for hydroxylation is 2. The van der Waals surface area contributed by atoms with Crippen molar-refractivity contribution in [2.24, 2.45) is 7.05 Å². The molecule has 0 saturated carbocycles. The van der Waals surface area contributed by atoms with E-state index < -0.39 is 0 Å². The van der Waals surface area contributed by atoms with Crippen LogP contribution in [0.25, 0.3) is 21.8 Å². The van der Waals surface area contributed by atoms with E-state index in [1.165, 1.54) is 33.1 Å². The first-order valence-corrected chi connectivity index (χ1v) is 6.43. The van der Waals surface area contributed by atoms with Crippen LogP contribution in [0.15, 0.2) is 30.5 Å². The molecule has 3 aromatic rings. The minimum atomic E-state index is 0.442. The van der Waals surface area contributed by atoms with Gasteiger partial charge in [0.15, 0.2) is 0 Å². The van der Waals surface area contributed by atoms with Gasteiger partial charge in [0, 0.05) is 29.5 Å². The highest BCUT2D eigenvalue weighted by atomic mass is 15.0. The van der Waals surface area contributed by atoms with Gasteiger partial charge in [-0.3, -0.25) is 4.98 Å². The second-order valence-corrected chi connectivity index (χ2v) is 5.33. The Balaban J connectivity index is 2.55. The van der Waals surface area contributed by atoms with Crippen LogP contribution in [0.2, 0.25) is 0 Å². The van der Waals surface area contributed by atoms with Gasteiger partial charge in [0.1, 0.15) is 0 Å². The molecule has 92 valence electrons. The number of hydrogen-bond acceptors (Lipinski definition) is 1. The molecule has 0 spiro atoms. The molecule has 0 unspecified atom stereocenters. The molecule has 0 fully saturated rings. The lowest BCUT2D eigenvalue weighted by atomic mass is 10.1. The molecule has 1 aromatic carbocycles. The number of rotatable bonds is 1. The summed E-state index contributed by atoms with van der Waals surface area (Å²) in [5, 5.41) is 2.65. The molecular formula is C16H18N2. The molecule has 0 aliphatic rings. The van der Waals surface area contributed by atoms with Crippen molar-refractivity contribution < 1.29 is 0 Å². The molecular weight excluding hydrogens is 220 g/mol. The molecule has 0 aliphatic heterocycles. The maximum Gasteiger partial charge on any atom is 0.0710 e. The highest BCUT2D eigenvalue weighted by molar-refractivity contribution is 6.08. The first-order valence-electron chi connectivity index (χ1n) is 6.43. The smallest absolute Gasteiger partial charge is 0.0710 e. The van der Waals surface area contributed by atoms with E-state index in [-0.39, 0.29) is 0 Å². The van der Waals surface area contributed by atoms with E-state index in [0.29, 0.717) is 5.92 Å². The topological polar surface area (TPSA) is 17.8 Å². The average Bonchev–Trinajstić information content (AvgIpc) is 2.63. The van der Waals surface area contributed by atoms with Crippen molar-refractivity contribution in [2.45, 2.75) is 26.7 Å². The normalized spacial score (nSPS) is 11.8. The Kier molecular flexibility index (Phi) is 2.40. The molecule has 18 heavy (non-hydrogen) atoms. The summed E-state index contributed by atoms with van der Waals surface area (Å²) in [6, 6.07) is 8.77. The quantitative estimate of drug-likeness (QED) is 0.622. The van der Waals surface area contributed by atoms with Gasteiger partial charge in [-0.15, -0.1) is 0 Å². The minimum absolute atomic E-state index is 0.442. The van der Waals surface area contributed by atoms with Crippen molar-refractivity contribution in [3.05, 3.63) is 41.7 Å². The lowest BCUT2D eigenvalue weighted by molar-refractivity contribution is 0.821. The summed E-state index contributed by atoms with van der Waals surface area (Å²) >= 11 is 0. The van der Waals surface area contributed by atoms with E-state index >= 15 is 0 Å². The zero-order valence-corrected chi connectivity index (χ0v) is 11.4. The molecule has 0 saturated heterocycles. The molecule has 0 amide bonds. The molecule has 0 aliphatic carbocycles. The van der Waals surface area contributed by atoms with Crippen LogP contribution in [0.5, 0.6) is 0 Å². The highest BCUT2D eigenvalue weighted by Crippen LogP contribution is 2.32. The zero-order valence-electron chi connectivity index (χ0n) is 11.4. The molecule has 2 heteroatoms. The van der Waals surface area contributed by atoms with Gasteiger partial charge in [0.2, 0.25) is 0 Å². The third-order valence-electron chi connectivity index (χ3n) is 3.64. The van der Waals surface area contributed by atoms with E-state index in [2.05, 4.69) is 61.6 Å². The van der Waals surface area contributed by atoms with Crippen LogP contribution in [-0.4, -0.2) is 9.55 Å². The Morgan fingerprint density at radius 2 is 1.89 bits per heavy atom. The second kappa shape index (κ2) is 3.84. The fourth-order valence-electron chi connectivity index (χ4n) is 2.74. The van der Waals surface area contributed by atoms with Crippen molar-refractivity contribution >= 4 is 21.8 Å². The fourth-order valence-corrected chi connectivity index (χ4v) is 2.74. The summed E-state index contributed by atoms with van der Waals surface area (Å²) in [5.74, 6) is 0.442. The SMILES string of the molecule is Cc1ccc2c(c1)c1ccnc(C(C)C)c1n2C. The number of hydrogen-bond donors (Lipinski definition) is 0. The van der Waals surface area contributed by atoms with Crippen molar-refractivity contribution in [1.29, 1.82) is 0 Å². The minimum Gasteiger partial charge on any atom is -0.342 e. The molecule has 0 bridgehead atoms. The van der Waals surface area contributed by atoms with Gasteiger partial charge in [0.05, 0.1) is 11.2 Å². The molecule has 2 heterocycles. The van der Waals surface area contributed by atoms with Crippen LogP contribution < -0.4 is 0 Å². The Morgan fingerprint density at radius 3 is 2.61 bits per heavy atom. The van der Waals surface area contributed by atoms with E-state index in [4.69, 9.17) is 0 Å². The number of benzene rings is 1. The summed E-state index contributed by atoms with van der Waals surface area (Å²) in [6.07, 6.45) is 1.93. The van der Waals surface area contributed by atoms with Crippen LogP contribution in [0, 0.1) is 6.92 Å². The maximum atomic E-state index is 4.56. The molecule has 0 radical (unpaired) electrons. The van der Waals surface area contributed by atoms with Crippen LogP contribution in [-0.2, 0) is 7.05 Å². The predicted molar refractivity (Wildman–Crippen MR) is 77.0 cm³/mol. The monoisotopic (exact) mass is 238 g/mol. The van der Waals surface area contributed by atoms with Gasteiger partial charge in [0.25, 0.3) is 0 Å². The highest BCUT2D eigenvalue weighted by Gasteiger charge is 2.14. The first kappa shape index (κ1) is 11.3. The first-order chi connectivity index (χ1) is 8.59. The number of pyridine rings is 1. The van der Waals surface area contributed by atoms with Crippen molar-refractivity contribution in [3.63, 3.8) is 0 Å². The summed E-state index contributed by atoms with van der Waals surface area (Å²) in [6.45, 7) is 6.54. The third kappa shape index (κ3) is 1.45. The van der Waals surface area contributed by atoms with E-state index in [1.54, 1.807) is 0 Å². The third-order valence-corrected chi connectivity index (χ3v) is 3.64. The van der Waals surface area contributed by atoms with Crippen molar-refractivity contribution in [3.8, 4) is 0 Å². The summed E-state index contributed by atoms with van der Waals surface area (Å²) in [7, 11) is 2.13. The van der Waals surface area contributed by atoms with Gasteiger partial charge in [-0.05, 0) is 31.0 Å². The Bertz CT molecular complexity index is 736. The van der Waals surface area contributed by atoms with Gasteiger partial charge in [-0.2, -0.15) is 0 Å². The summed E-state index contributed by atoms with van der Waals surface area (Å²) in [5.41, 5.74) is 5.04. The fraction of sp³-hybridized carbons (Fsp3) is 0.312. The van der Waals surface area contributed by atoms with Crippen LogP contribution in [0.3, 0.4) is 0 Å². The van der Waals surface area contributed by atoms with Gasteiger partial charge < -0.3 is 4.57 Å². The lowest BCUT2D eigenvalue weighted by Crippen LogP contribution is -1.97. The van der Waals surface area contributed by atoms with E-state index in [0.717, 1.165) is 0 Å². The average molecular weight is 238 g/mol. The van der Waals surface area contributed by atoms with E-state index in [9.17, 15) is 0 Å². The Labute approximate surface area is 107 Å². The van der Waals surface area contributed by atoms with Crippen LogP contribution in [0.1, 0.15) is 31.0 Å².